The summed E-state index contributed by atoms with van der Waals surface area (Å²) in [5.41, 5.74) is 0.148. The van der Waals surface area contributed by atoms with Crippen LogP contribution in [-0.4, -0.2) is 24.4 Å². The van der Waals surface area contributed by atoms with Crippen molar-refractivity contribution in [2.24, 2.45) is 0 Å². The molecule has 0 unspecified atom stereocenters. The summed E-state index contributed by atoms with van der Waals surface area (Å²) in [5.74, 6) is 0. The second-order valence-corrected chi connectivity index (χ2v) is 30.1. The van der Waals surface area contributed by atoms with Crippen LogP contribution in [0.1, 0.15) is 13.8 Å². The van der Waals surface area contributed by atoms with Crippen LogP contribution in [0.4, 0.5) is 0 Å². The molecule has 76 valence electrons. The van der Waals surface area contributed by atoms with Gasteiger partial charge in [-0.25, -0.2) is 0 Å². The first-order valence-corrected chi connectivity index (χ1v) is 43.6. The molecule has 1 heterocycles. The summed E-state index contributed by atoms with van der Waals surface area (Å²) >= 11 is 4.01. The van der Waals surface area contributed by atoms with Gasteiger partial charge in [0.15, 0.2) is 0 Å². The van der Waals surface area contributed by atoms with E-state index in [2.05, 4.69) is 49.2 Å². The third-order valence-electron chi connectivity index (χ3n) is 2.70. The molecule has 1 aliphatic rings. The molecule has 2 atom stereocenters. The van der Waals surface area contributed by atoms with E-state index in [-0.39, 0.29) is 11.2 Å². The maximum absolute atomic E-state index is 6.03. The van der Waals surface area contributed by atoms with E-state index >= 15 is 0 Å². The van der Waals surface area contributed by atoms with Gasteiger partial charge < -0.3 is 0 Å². The van der Waals surface area contributed by atoms with E-state index in [1.54, 1.807) is 0 Å². The van der Waals surface area contributed by atoms with Crippen molar-refractivity contribution in [1.29, 1.82) is 0 Å². The van der Waals surface area contributed by atoms with Gasteiger partial charge in [-0.05, 0) is 0 Å². The zero-order chi connectivity index (χ0) is 10.7. The molecule has 0 saturated carbocycles. The molecule has 1 saturated heterocycles. The fourth-order valence-corrected chi connectivity index (χ4v) is 26.8. The molecule has 1 rings (SSSR count). The molecule has 6 heteroatoms. The van der Waals surface area contributed by atoms with Gasteiger partial charge >= 0.3 is 131 Å². The van der Waals surface area contributed by atoms with Gasteiger partial charge in [0.05, 0.1) is 0 Å². The third kappa shape index (κ3) is 4.86. The number of hydrogen-bond acceptors (Lipinski definition) is 2. The van der Waals surface area contributed by atoms with Crippen LogP contribution in [0.25, 0.3) is 0 Å². The Kier molecular flexibility index (Phi) is 7.64. The zero-order valence-electron chi connectivity index (χ0n) is 8.82. The molecule has 0 amide bonds. The van der Waals surface area contributed by atoms with Gasteiger partial charge in [0.25, 0.3) is 0 Å². The van der Waals surface area contributed by atoms with Crippen molar-refractivity contribution in [3.63, 3.8) is 0 Å². The van der Waals surface area contributed by atoms with Crippen LogP contribution < -0.4 is 0 Å². The van der Waals surface area contributed by atoms with Crippen molar-refractivity contribution in [3.05, 3.63) is 0 Å². The van der Waals surface area contributed by atoms with Crippen LogP contribution in [0.15, 0.2) is 0 Å². The second kappa shape index (κ2) is 6.99. The van der Waals surface area contributed by atoms with E-state index < -0.39 is 40.5 Å². The van der Waals surface area contributed by atoms with Crippen molar-refractivity contribution in [2.45, 2.75) is 32.9 Å². The van der Waals surface area contributed by atoms with Gasteiger partial charge in [0, 0.05) is 0 Å². The number of rotatable bonds is 4. The van der Waals surface area contributed by atoms with Crippen LogP contribution in [0.2, 0.25) is 7.86 Å². The topological polar surface area (TPSA) is 18.5 Å². The standard InChI is InChI=1S/C8H14O2.2Hg.2HI/c1-7(2)5-10-8(3,4)6-9-7;;;;/h1,3,5-6H2,2,4H3;;;2*1H/q;2*+1;;/p-2/t7-,8-;;;;/m1..../s1. The van der Waals surface area contributed by atoms with Crippen LogP contribution in [-0.2, 0) is 50.0 Å². The van der Waals surface area contributed by atoms with E-state index in [4.69, 9.17) is 9.47 Å². The first-order valence-electron chi connectivity index (χ1n) is 4.93. The molecule has 1 fully saturated rings. The molecular formula is C8H14Hg2I2O2. The minimum atomic E-state index is -0.616. The predicted octanol–water partition coefficient (Wildman–Crippen LogP) is 3.25. The molecule has 0 radical (unpaired) electrons. The normalized spacial score (nSPS) is 37.4. The van der Waals surface area contributed by atoms with Gasteiger partial charge in [-0.15, -0.1) is 0 Å². The van der Waals surface area contributed by atoms with E-state index in [1.165, 1.54) is 7.86 Å². The third-order valence-corrected chi connectivity index (χ3v) is 21.9. The number of halogens is 2. The molecule has 1 aliphatic heterocycles. The van der Waals surface area contributed by atoms with Crippen molar-refractivity contribution < 1.29 is 50.0 Å². The van der Waals surface area contributed by atoms with Crippen LogP contribution in [0.3, 0.4) is 0 Å². The Balaban J connectivity index is 2.44. The SMILES string of the molecule is C[C@]1([CH2][Hg][I])CO[C@@](C)([CH2][Hg][I])CO1. The van der Waals surface area contributed by atoms with Crippen molar-refractivity contribution in [2.75, 3.05) is 13.2 Å². The van der Waals surface area contributed by atoms with E-state index in [9.17, 15) is 0 Å². The monoisotopic (exact) mass is 800 g/mol. The van der Waals surface area contributed by atoms with Gasteiger partial charge in [0.2, 0.25) is 0 Å². The van der Waals surface area contributed by atoms with E-state index in [1.807, 2.05) is 0 Å². The van der Waals surface area contributed by atoms with Gasteiger partial charge in [0.1, 0.15) is 0 Å². The van der Waals surface area contributed by atoms with E-state index in [0.29, 0.717) is 0 Å². The Hall–Kier alpha value is 3.25. The van der Waals surface area contributed by atoms with Gasteiger partial charge in [-0.2, -0.15) is 0 Å². The number of hydrogen-bond donors (Lipinski definition) is 0. The maximum atomic E-state index is 6.03. The summed E-state index contributed by atoms with van der Waals surface area (Å²) in [4.78, 5) is 0. The second-order valence-electron chi connectivity index (χ2n) is 4.36. The van der Waals surface area contributed by atoms with Crippen LogP contribution in [0, 0.1) is 0 Å². The zero-order valence-corrected chi connectivity index (χ0v) is 24.1. The molecule has 0 aromatic carbocycles. The Labute approximate surface area is 129 Å². The molecule has 14 heavy (non-hydrogen) atoms. The Morgan fingerprint density at radius 3 is 1.57 bits per heavy atom. The summed E-state index contributed by atoms with van der Waals surface area (Å²) < 4.78 is 14.7. The Morgan fingerprint density at radius 2 is 1.36 bits per heavy atom. The molecule has 0 aliphatic carbocycles. The summed E-state index contributed by atoms with van der Waals surface area (Å²) in [6.07, 6.45) is 0. The Bertz CT molecular complexity index is 164. The number of ether oxygens (including phenoxy) is 2. The summed E-state index contributed by atoms with van der Waals surface area (Å²) in [5, 5.41) is 0. The molecule has 0 aromatic heterocycles. The van der Waals surface area contributed by atoms with Crippen LogP contribution >= 0.6 is 35.3 Å². The molecule has 0 N–H and O–H groups in total. The molecule has 2 nitrogen and oxygen atoms in total. The average Bonchev–Trinajstić information content (AvgIpc) is 2.13. The molecule has 0 aromatic rings. The fourth-order valence-electron chi connectivity index (χ4n) is 1.43. The summed E-state index contributed by atoms with van der Waals surface area (Å²) in [7, 11) is 0. The first-order chi connectivity index (χ1) is 6.54. The summed E-state index contributed by atoms with van der Waals surface area (Å²) in [6.45, 7) is 6.10. The first kappa shape index (κ1) is 15.3. The minimum absolute atomic E-state index is 0.0738. The van der Waals surface area contributed by atoms with Crippen molar-refractivity contribution >= 4 is 35.3 Å². The van der Waals surface area contributed by atoms with Crippen molar-refractivity contribution in [3.8, 4) is 0 Å². The summed E-state index contributed by atoms with van der Waals surface area (Å²) in [6, 6.07) is 0. The molecule has 0 bridgehead atoms. The molecule has 0 spiro atoms. The van der Waals surface area contributed by atoms with Crippen LogP contribution in [0.5, 0.6) is 0 Å². The van der Waals surface area contributed by atoms with E-state index in [0.717, 1.165) is 13.2 Å². The quantitative estimate of drug-likeness (QED) is 0.322. The predicted molar refractivity (Wildman–Crippen MR) is 66.4 cm³/mol. The molecular weight excluding hydrogens is 783 g/mol. The average molecular weight is 797 g/mol. The van der Waals surface area contributed by atoms with Gasteiger partial charge in [-0.3, -0.25) is 0 Å². The fraction of sp³-hybridized carbons (Fsp3) is 1.00. The Morgan fingerprint density at radius 1 is 1.00 bits per heavy atom. The van der Waals surface area contributed by atoms with Crippen molar-refractivity contribution in [1.82, 2.24) is 0 Å². The van der Waals surface area contributed by atoms with Gasteiger partial charge in [-0.1, -0.05) is 0 Å².